The fourth-order valence-corrected chi connectivity index (χ4v) is 2.91. The summed E-state index contributed by atoms with van der Waals surface area (Å²) in [6.07, 6.45) is 1.03. The summed E-state index contributed by atoms with van der Waals surface area (Å²) in [5.74, 6) is 1.41. The first-order valence-electron chi connectivity index (χ1n) is 8.75. The second-order valence-corrected chi connectivity index (χ2v) is 6.83. The van der Waals surface area contributed by atoms with Gasteiger partial charge in [-0.1, -0.05) is 32.0 Å². The zero-order valence-electron chi connectivity index (χ0n) is 15.6. The third kappa shape index (κ3) is 3.99. The maximum Gasteiger partial charge on any atom is 0.248 e. The molecule has 0 bridgehead atoms. The molecule has 0 saturated heterocycles. The Morgan fingerprint density at radius 1 is 1.23 bits per heavy atom. The van der Waals surface area contributed by atoms with Crippen molar-refractivity contribution in [1.82, 2.24) is 25.0 Å². The minimum absolute atomic E-state index is 0.154. The highest BCUT2D eigenvalue weighted by Gasteiger charge is 2.17. The topological polar surface area (TPSA) is 88.5 Å². The van der Waals surface area contributed by atoms with Crippen LogP contribution in [0.3, 0.4) is 0 Å². The molecule has 1 aromatic carbocycles. The molecule has 3 rings (SSSR count). The molecule has 7 nitrogen and oxygen atoms in total. The van der Waals surface area contributed by atoms with E-state index in [-0.39, 0.29) is 12.3 Å². The van der Waals surface area contributed by atoms with Crippen molar-refractivity contribution < 1.29 is 4.79 Å². The molecule has 0 aliphatic heterocycles. The first kappa shape index (κ1) is 17.8. The predicted octanol–water partition coefficient (Wildman–Crippen LogP) is 2.99. The van der Waals surface area contributed by atoms with Crippen LogP contribution in [-0.2, 0) is 17.6 Å². The zero-order valence-corrected chi connectivity index (χ0v) is 15.6. The van der Waals surface area contributed by atoms with Crippen molar-refractivity contribution in [2.24, 2.45) is 5.92 Å². The summed E-state index contributed by atoms with van der Waals surface area (Å²) in [6, 6.07) is 9.89. The Morgan fingerprint density at radius 2 is 1.96 bits per heavy atom. The van der Waals surface area contributed by atoms with Crippen LogP contribution in [0.25, 0.3) is 5.69 Å². The smallest absolute Gasteiger partial charge is 0.248 e. The lowest BCUT2D eigenvalue weighted by Gasteiger charge is -2.05. The van der Waals surface area contributed by atoms with E-state index in [1.54, 1.807) is 0 Å². The van der Waals surface area contributed by atoms with E-state index in [1.807, 2.05) is 48.9 Å². The van der Waals surface area contributed by atoms with Gasteiger partial charge in [-0.2, -0.15) is 10.1 Å². The number of carbonyl (C=O) groups excluding carboxylic acids is 1. The van der Waals surface area contributed by atoms with Gasteiger partial charge in [0.15, 0.2) is 0 Å². The highest BCUT2D eigenvalue weighted by molar-refractivity contribution is 5.90. The number of benzene rings is 1. The predicted molar refractivity (Wildman–Crippen MR) is 100 cm³/mol. The van der Waals surface area contributed by atoms with Crippen LogP contribution in [0.15, 0.2) is 30.3 Å². The second kappa shape index (κ2) is 7.51. The molecule has 2 N–H and O–H groups in total. The van der Waals surface area contributed by atoms with Gasteiger partial charge in [-0.15, -0.1) is 5.10 Å². The molecular formula is C19H24N6O. The Bertz CT molecular complexity index is 894. The average Bonchev–Trinajstić information content (AvgIpc) is 3.14. The van der Waals surface area contributed by atoms with Gasteiger partial charge in [-0.05, 0) is 31.9 Å². The normalized spacial score (nSPS) is 11.1. The first-order valence-corrected chi connectivity index (χ1v) is 8.75. The number of aryl methyl sites for hydroxylation is 1. The Morgan fingerprint density at radius 3 is 2.65 bits per heavy atom. The molecule has 0 aliphatic carbocycles. The summed E-state index contributed by atoms with van der Waals surface area (Å²) in [5, 5.41) is 14.3. The van der Waals surface area contributed by atoms with Gasteiger partial charge in [0.2, 0.25) is 11.9 Å². The van der Waals surface area contributed by atoms with E-state index in [1.165, 1.54) is 0 Å². The minimum Gasteiger partial charge on any atom is -0.293 e. The number of nitrogens with zero attached hydrogens (tertiary/aromatic N) is 4. The number of para-hydroxylation sites is 1. The van der Waals surface area contributed by atoms with Gasteiger partial charge in [-0.3, -0.25) is 15.2 Å². The largest absolute Gasteiger partial charge is 0.293 e. The third-order valence-electron chi connectivity index (χ3n) is 4.16. The van der Waals surface area contributed by atoms with E-state index in [0.717, 1.165) is 34.9 Å². The molecular weight excluding hydrogens is 328 g/mol. The van der Waals surface area contributed by atoms with Crippen LogP contribution in [0.5, 0.6) is 0 Å². The summed E-state index contributed by atoms with van der Waals surface area (Å²) in [6.45, 7) is 8.11. The van der Waals surface area contributed by atoms with Crippen LogP contribution < -0.4 is 5.32 Å². The minimum atomic E-state index is -0.154. The maximum absolute atomic E-state index is 12.4. The molecule has 2 aromatic heterocycles. The summed E-state index contributed by atoms with van der Waals surface area (Å²) in [5.41, 5.74) is 3.70. The molecule has 7 heteroatoms. The van der Waals surface area contributed by atoms with Gasteiger partial charge in [0.1, 0.15) is 5.82 Å². The molecule has 2 heterocycles. The van der Waals surface area contributed by atoms with Gasteiger partial charge in [-0.25, -0.2) is 4.68 Å². The number of carbonyl (C=O) groups is 1. The van der Waals surface area contributed by atoms with Gasteiger partial charge >= 0.3 is 0 Å². The molecule has 0 saturated carbocycles. The van der Waals surface area contributed by atoms with Crippen molar-refractivity contribution in [3.63, 3.8) is 0 Å². The molecule has 0 fully saturated rings. The van der Waals surface area contributed by atoms with Crippen molar-refractivity contribution in [2.75, 3.05) is 5.32 Å². The number of rotatable bonds is 6. The van der Waals surface area contributed by atoms with Crippen molar-refractivity contribution in [3.05, 3.63) is 53.1 Å². The van der Waals surface area contributed by atoms with E-state index in [2.05, 4.69) is 39.4 Å². The van der Waals surface area contributed by atoms with Crippen molar-refractivity contribution >= 4 is 11.9 Å². The number of hydrogen-bond acceptors (Lipinski definition) is 4. The first-order chi connectivity index (χ1) is 12.4. The van der Waals surface area contributed by atoms with Crippen LogP contribution in [0.2, 0.25) is 0 Å². The van der Waals surface area contributed by atoms with Crippen molar-refractivity contribution in [3.8, 4) is 5.69 Å². The molecule has 0 spiro atoms. The van der Waals surface area contributed by atoms with Gasteiger partial charge in [0.05, 0.1) is 17.8 Å². The monoisotopic (exact) mass is 352 g/mol. The van der Waals surface area contributed by atoms with Crippen LogP contribution in [0, 0.1) is 19.8 Å². The summed E-state index contributed by atoms with van der Waals surface area (Å²) in [7, 11) is 0. The quantitative estimate of drug-likeness (QED) is 0.714. The fraction of sp³-hybridized carbons (Fsp3) is 0.368. The number of nitrogens with one attached hydrogen (secondary N) is 2. The van der Waals surface area contributed by atoms with Crippen LogP contribution in [-0.4, -0.2) is 30.9 Å². The Balaban J connectivity index is 1.72. The SMILES string of the molecule is Cc1nn(-c2ccccc2)c(C)c1CC(=O)Nc1n[nH]c(CC(C)C)n1. The molecule has 1 amide bonds. The number of H-pyrrole nitrogens is 1. The molecule has 0 atom stereocenters. The molecule has 0 radical (unpaired) electrons. The third-order valence-corrected chi connectivity index (χ3v) is 4.16. The van der Waals surface area contributed by atoms with Crippen molar-refractivity contribution in [1.29, 1.82) is 0 Å². The van der Waals surface area contributed by atoms with Crippen molar-refractivity contribution in [2.45, 2.75) is 40.5 Å². The number of aromatic nitrogens is 5. The summed E-state index contributed by atoms with van der Waals surface area (Å²) in [4.78, 5) is 16.7. The van der Waals surface area contributed by atoms with E-state index in [0.29, 0.717) is 11.9 Å². The van der Waals surface area contributed by atoms with Crippen LogP contribution >= 0.6 is 0 Å². The van der Waals surface area contributed by atoms with Crippen LogP contribution in [0.1, 0.15) is 36.6 Å². The second-order valence-electron chi connectivity index (χ2n) is 6.83. The fourth-order valence-electron chi connectivity index (χ4n) is 2.91. The molecule has 0 unspecified atom stereocenters. The van der Waals surface area contributed by atoms with Gasteiger partial charge < -0.3 is 0 Å². The lowest BCUT2D eigenvalue weighted by atomic mass is 10.1. The van der Waals surface area contributed by atoms with E-state index in [9.17, 15) is 4.79 Å². The molecule has 26 heavy (non-hydrogen) atoms. The van der Waals surface area contributed by atoms with Gasteiger partial charge in [0, 0.05) is 17.7 Å². The van der Waals surface area contributed by atoms with E-state index < -0.39 is 0 Å². The standard InChI is InChI=1S/C19H24N6O/c1-12(2)10-17-20-19(23-22-17)21-18(26)11-16-13(3)24-25(14(16)4)15-8-6-5-7-9-15/h5-9,12H,10-11H2,1-4H3,(H2,20,21,22,23,26). The number of aromatic amines is 1. The highest BCUT2D eigenvalue weighted by atomic mass is 16.1. The summed E-state index contributed by atoms with van der Waals surface area (Å²) < 4.78 is 1.87. The summed E-state index contributed by atoms with van der Waals surface area (Å²) >= 11 is 0. The van der Waals surface area contributed by atoms with E-state index >= 15 is 0 Å². The Kier molecular flexibility index (Phi) is 5.16. The average molecular weight is 352 g/mol. The molecule has 0 aliphatic rings. The Hall–Kier alpha value is -2.96. The number of hydrogen-bond donors (Lipinski definition) is 2. The number of anilines is 1. The number of amides is 1. The van der Waals surface area contributed by atoms with E-state index in [4.69, 9.17) is 0 Å². The lowest BCUT2D eigenvalue weighted by molar-refractivity contribution is -0.115. The maximum atomic E-state index is 12.4. The molecule has 136 valence electrons. The van der Waals surface area contributed by atoms with Crippen LogP contribution in [0.4, 0.5) is 5.95 Å². The highest BCUT2D eigenvalue weighted by Crippen LogP contribution is 2.18. The van der Waals surface area contributed by atoms with Gasteiger partial charge in [0.25, 0.3) is 0 Å². The zero-order chi connectivity index (χ0) is 18.7. The Labute approximate surface area is 152 Å². The lowest BCUT2D eigenvalue weighted by Crippen LogP contribution is -2.16. The molecule has 3 aromatic rings.